The fraction of sp³-hybridized carbons (Fsp3) is 0.500. The molecule has 0 amide bonds. The lowest BCUT2D eigenvalue weighted by atomic mass is 9.99. The molecule has 0 bridgehead atoms. The molecular weight excluding hydrogens is 563 g/mol. The number of sulfonamides is 2. The molecule has 2 aliphatic heterocycles. The molecule has 0 unspecified atom stereocenters. The van der Waals surface area contributed by atoms with Gasteiger partial charge in [0.15, 0.2) is 0 Å². The minimum atomic E-state index is -3.99. The maximum absolute atomic E-state index is 13.9. The number of ether oxygens (including phenoxy) is 3. The Morgan fingerprint density at radius 2 is 1.41 bits per heavy atom. The third kappa shape index (κ3) is 5.66. The van der Waals surface area contributed by atoms with Gasteiger partial charge in [-0.2, -0.15) is 8.61 Å². The van der Waals surface area contributed by atoms with E-state index < -0.39 is 20.0 Å². The Balaban J connectivity index is 1.44. The van der Waals surface area contributed by atoms with E-state index in [1.807, 2.05) is 24.3 Å². The highest BCUT2D eigenvalue weighted by molar-refractivity contribution is 7.89. The van der Waals surface area contributed by atoms with Gasteiger partial charge in [-0.3, -0.25) is 0 Å². The van der Waals surface area contributed by atoms with E-state index in [9.17, 15) is 16.8 Å². The van der Waals surface area contributed by atoms with Crippen molar-refractivity contribution in [2.45, 2.75) is 42.4 Å². The molecule has 10 nitrogen and oxygen atoms in total. The van der Waals surface area contributed by atoms with Gasteiger partial charge in [0.2, 0.25) is 20.0 Å². The van der Waals surface area contributed by atoms with Gasteiger partial charge in [-0.15, -0.1) is 11.3 Å². The van der Waals surface area contributed by atoms with Crippen LogP contribution < -0.4 is 9.47 Å². The van der Waals surface area contributed by atoms with E-state index in [1.165, 1.54) is 20.7 Å². The van der Waals surface area contributed by atoms with E-state index in [1.54, 1.807) is 25.2 Å². The zero-order valence-corrected chi connectivity index (χ0v) is 24.5. The normalized spacial score (nSPS) is 18.4. The average molecular weight is 596 g/mol. The second-order valence-electron chi connectivity index (χ2n) is 9.33. The number of hydrogen-bond acceptors (Lipinski definition) is 9. The molecular formula is C26H33N3O7S3. The van der Waals surface area contributed by atoms with Gasteiger partial charge < -0.3 is 14.2 Å². The molecule has 0 spiro atoms. The van der Waals surface area contributed by atoms with Crippen LogP contribution in [0.1, 0.15) is 37.6 Å². The summed E-state index contributed by atoms with van der Waals surface area (Å²) >= 11 is 1.66. The Kier molecular flexibility index (Phi) is 8.45. The number of rotatable bonds is 9. The minimum absolute atomic E-state index is 0.00100. The second-order valence-corrected chi connectivity index (χ2v) is 14.2. The molecule has 0 atom stereocenters. The first-order valence-corrected chi connectivity index (χ1v) is 16.8. The van der Waals surface area contributed by atoms with Crippen LogP contribution in [-0.4, -0.2) is 83.0 Å². The number of nitrogens with zero attached hydrogens (tertiary/aromatic N) is 3. The highest BCUT2D eigenvalue weighted by Crippen LogP contribution is 2.40. The molecule has 2 aliphatic rings. The lowest BCUT2D eigenvalue weighted by Gasteiger charge is -2.31. The summed E-state index contributed by atoms with van der Waals surface area (Å²) < 4.78 is 75.4. The van der Waals surface area contributed by atoms with Crippen LogP contribution in [0.25, 0.3) is 10.2 Å². The molecule has 2 aromatic carbocycles. The first-order valence-electron chi connectivity index (χ1n) is 13.1. The molecule has 0 aliphatic carbocycles. The van der Waals surface area contributed by atoms with Crippen molar-refractivity contribution >= 4 is 41.6 Å². The number of thiazole rings is 1. The van der Waals surface area contributed by atoms with Crippen molar-refractivity contribution in [1.82, 2.24) is 13.6 Å². The molecule has 39 heavy (non-hydrogen) atoms. The van der Waals surface area contributed by atoms with Gasteiger partial charge in [0.25, 0.3) is 0 Å². The monoisotopic (exact) mass is 595 g/mol. The highest BCUT2D eigenvalue weighted by Gasteiger charge is 2.36. The Labute approximate surface area is 233 Å². The minimum Gasteiger partial charge on any atom is -0.492 e. The van der Waals surface area contributed by atoms with Gasteiger partial charge in [-0.1, -0.05) is 12.1 Å². The molecule has 2 saturated heterocycles. The molecule has 0 radical (unpaired) electrons. The summed E-state index contributed by atoms with van der Waals surface area (Å²) in [6.45, 7) is 5.46. The molecule has 1 aromatic heterocycles. The first-order chi connectivity index (χ1) is 18.8. The summed E-state index contributed by atoms with van der Waals surface area (Å²) in [4.78, 5) is 4.57. The van der Waals surface area contributed by atoms with Crippen LogP contribution in [0.2, 0.25) is 0 Å². The number of fused-ring (bicyclic) bond motifs is 1. The van der Waals surface area contributed by atoms with E-state index >= 15 is 0 Å². The van der Waals surface area contributed by atoms with Crippen LogP contribution in [0.4, 0.5) is 0 Å². The number of hydrogen-bond donors (Lipinski definition) is 0. The highest BCUT2D eigenvalue weighted by atomic mass is 32.2. The molecule has 13 heteroatoms. The quantitative estimate of drug-likeness (QED) is 0.368. The van der Waals surface area contributed by atoms with Crippen LogP contribution in [-0.2, 0) is 24.8 Å². The van der Waals surface area contributed by atoms with Crippen molar-refractivity contribution in [2.24, 2.45) is 0 Å². The third-order valence-electron chi connectivity index (χ3n) is 6.93. The van der Waals surface area contributed by atoms with Gasteiger partial charge in [0.05, 0.1) is 41.7 Å². The Hall–Kier alpha value is -2.29. The lowest BCUT2D eigenvalue weighted by molar-refractivity contribution is 0.0729. The van der Waals surface area contributed by atoms with E-state index in [0.717, 1.165) is 15.2 Å². The standard InChI is InChI=1S/C26H33N3O7S3/c1-3-35-21-18-25(39(32,33)29-13-15-34-16-14-29)22(36-4-2)17-24(21)38(30,31)28-11-9-19(10-12-28)26-27-20-7-5-6-8-23(20)37-26/h5-8,17-19H,3-4,9-16H2,1-2H3. The Morgan fingerprint density at radius 3 is 1.95 bits per heavy atom. The largest absolute Gasteiger partial charge is 0.492 e. The zero-order chi connectivity index (χ0) is 27.6. The van der Waals surface area contributed by atoms with E-state index in [4.69, 9.17) is 19.2 Å². The molecule has 0 N–H and O–H groups in total. The smallest absolute Gasteiger partial charge is 0.247 e. The third-order valence-corrected chi connectivity index (χ3v) is 12.0. The van der Waals surface area contributed by atoms with E-state index in [2.05, 4.69) is 0 Å². The zero-order valence-electron chi connectivity index (χ0n) is 22.0. The maximum atomic E-state index is 13.9. The SMILES string of the molecule is CCOc1cc(S(=O)(=O)N2CCC(c3nc4ccccc4s3)CC2)c(OCC)cc1S(=O)(=O)N1CCOCC1. The van der Waals surface area contributed by atoms with Gasteiger partial charge in [-0.25, -0.2) is 21.8 Å². The molecule has 3 heterocycles. The Bertz CT molecular complexity index is 1490. The molecule has 3 aromatic rings. The van der Waals surface area contributed by atoms with Crippen molar-refractivity contribution in [1.29, 1.82) is 0 Å². The second kappa shape index (κ2) is 11.7. The number of para-hydroxylation sites is 1. The fourth-order valence-electron chi connectivity index (χ4n) is 4.94. The van der Waals surface area contributed by atoms with Crippen molar-refractivity contribution < 1.29 is 31.0 Å². The lowest BCUT2D eigenvalue weighted by Crippen LogP contribution is -2.41. The maximum Gasteiger partial charge on any atom is 0.247 e. The summed E-state index contributed by atoms with van der Waals surface area (Å²) in [5.74, 6) is 0.178. The van der Waals surface area contributed by atoms with Crippen molar-refractivity contribution in [3.8, 4) is 11.5 Å². The van der Waals surface area contributed by atoms with Crippen molar-refractivity contribution in [3.05, 3.63) is 41.4 Å². The number of morpholine rings is 1. The van der Waals surface area contributed by atoms with Crippen molar-refractivity contribution in [2.75, 3.05) is 52.6 Å². The van der Waals surface area contributed by atoms with Gasteiger partial charge >= 0.3 is 0 Å². The predicted molar refractivity (Wildman–Crippen MR) is 149 cm³/mol. The topological polar surface area (TPSA) is 115 Å². The van der Waals surface area contributed by atoms with E-state index in [-0.39, 0.29) is 53.5 Å². The average Bonchev–Trinajstić information content (AvgIpc) is 3.39. The molecule has 5 rings (SSSR count). The van der Waals surface area contributed by atoms with Crippen molar-refractivity contribution in [3.63, 3.8) is 0 Å². The van der Waals surface area contributed by atoms with Gasteiger partial charge in [0.1, 0.15) is 21.3 Å². The summed E-state index contributed by atoms with van der Waals surface area (Å²) in [5.41, 5.74) is 0.962. The van der Waals surface area contributed by atoms with Crippen LogP contribution in [0.15, 0.2) is 46.2 Å². The fourth-order valence-corrected chi connectivity index (χ4v) is 9.21. The predicted octanol–water partition coefficient (Wildman–Crippen LogP) is 3.68. The Morgan fingerprint density at radius 1 is 0.872 bits per heavy atom. The summed E-state index contributed by atoms with van der Waals surface area (Å²) in [6.07, 6.45) is 1.29. The number of piperidine rings is 1. The number of benzene rings is 2. The molecule has 2 fully saturated rings. The first kappa shape index (κ1) is 28.2. The van der Waals surface area contributed by atoms with Gasteiger partial charge in [0, 0.05) is 44.2 Å². The summed E-state index contributed by atoms with van der Waals surface area (Å²) in [5, 5.41) is 1.03. The van der Waals surface area contributed by atoms with Crippen LogP contribution in [0.3, 0.4) is 0 Å². The number of aromatic nitrogens is 1. The van der Waals surface area contributed by atoms with Crippen LogP contribution >= 0.6 is 11.3 Å². The molecule has 0 saturated carbocycles. The molecule has 212 valence electrons. The van der Waals surface area contributed by atoms with Crippen LogP contribution in [0.5, 0.6) is 11.5 Å². The van der Waals surface area contributed by atoms with Crippen LogP contribution in [0, 0.1) is 0 Å². The summed E-state index contributed by atoms with van der Waals surface area (Å²) in [6, 6.07) is 10.6. The summed E-state index contributed by atoms with van der Waals surface area (Å²) in [7, 11) is -7.95. The van der Waals surface area contributed by atoms with E-state index in [0.29, 0.717) is 39.1 Å². The van der Waals surface area contributed by atoms with Gasteiger partial charge in [-0.05, 0) is 38.8 Å².